The molecule has 2 heteroatoms. The molecule has 0 amide bonds. The largest absolute Gasteiger partial charge is 0.468 e. The van der Waals surface area contributed by atoms with Crippen LogP contribution in [0.1, 0.15) is 43.9 Å². The summed E-state index contributed by atoms with van der Waals surface area (Å²) in [4.78, 5) is 0. The lowest BCUT2D eigenvalue weighted by atomic mass is 10.1. The van der Waals surface area contributed by atoms with Gasteiger partial charge in [0, 0.05) is 0 Å². The van der Waals surface area contributed by atoms with Gasteiger partial charge in [0.2, 0.25) is 0 Å². The molecule has 0 saturated heterocycles. The van der Waals surface area contributed by atoms with Crippen LogP contribution in [0.25, 0.3) is 0 Å². The molecule has 0 radical (unpaired) electrons. The molecule has 2 nitrogen and oxygen atoms in total. The smallest absolute Gasteiger partial charge is 0.120 e. The Bertz CT molecular complexity index is 241. The number of rotatable bonds is 7. The Morgan fingerprint density at radius 2 is 2.29 bits per heavy atom. The molecule has 1 aromatic rings. The lowest BCUT2D eigenvalue weighted by Gasteiger charge is -2.07. The van der Waals surface area contributed by atoms with Gasteiger partial charge in [-0.25, -0.2) is 0 Å². The van der Waals surface area contributed by atoms with Crippen molar-refractivity contribution in [2.45, 2.75) is 38.1 Å². The number of hydrogen-bond donors (Lipinski definition) is 1. The van der Waals surface area contributed by atoms with Gasteiger partial charge in [-0.1, -0.05) is 18.9 Å². The second-order valence-electron chi connectivity index (χ2n) is 3.55. The van der Waals surface area contributed by atoms with Gasteiger partial charge in [0.15, 0.2) is 0 Å². The van der Waals surface area contributed by atoms with E-state index in [0.717, 1.165) is 25.0 Å². The van der Waals surface area contributed by atoms with Crippen molar-refractivity contribution in [3.63, 3.8) is 0 Å². The van der Waals surface area contributed by atoms with Crippen LogP contribution in [0, 0.1) is 0 Å². The van der Waals surface area contributed by atoms with Crippen molar-refractivity contribution in [1.29, 1.82) is 0 Å². The molecule has 1 heterocycles. The zero-order valence-electron chi connectivity index (χ0n) is 8.61. The third-order valence-electron chi connectivity index (χ3n) is 2.33. The van der Waals surface area contributed by atoms with E-state index in [1.807, 2.05) is 18.2 Å². The molecular weight excluding hydrogens is 174 g/mol. The Hall–Kier alpha value is -1.02. The highest BCUT2D eigenvalue weighted by Crippen LogP contribution is 2.17. The van der Waals surface area contributed by atoms with E-state index in [-0.39, 0.29) is 6.04 Å². The molecule has 0 aliphatic heterocycles. The van der Waals surface area contributed by atoms with Gasteiger partial charge in [-0.3, -0.25) is 0 Å². The zero-order valence-corrected chi connectivity index (χ0v) is 8.61. The predicted molar refractivity (Wildman–Crippen MR) is 58.9 cm³/mol. The average Bonchev–Trinajstić information content (AvgIpc) is 2.70. The van der Waals surface area contributed by atoms with Crippen LogP contribution in [-0.4, -0.2) is 0 Å². The van der Waals surface area contributed by atoms with E-state index in [2.05, 4.69) is 6.58 Å². The SMILES string of the molecule is C=CCCCCCC(N)c1ccco1. The number of hydrogen-bond acceptors (Lipinski definition) is 2. The molecular formula is C12H19NO. The maximum atomic E-state index is 5.94. The quantitative estimate of drug-likeness (QED) is 0.532. The fraction of sp³-hybridized carbons (Fsp3) is 0.500. The molecule has 1 rings (SSSR count). The van der Waals surface area contributed by atoms with Gasteiger partial charge >= 0.3 is 0 Å². The van der Waals surface area contributed by atoms with Gasteiger partial charge in [0.05, 0.1) is 12.3 Å². The van der Waals surface area contributed by atoms with Crippen LogP contribution < -0.4 is 5.73 Å². The highest BCUT2D eigenvalue weighted by Gasteiger charge is 2.07. The minimum atomic E-state index is 0.0636. The van der Waals surface area contributed by atoms with Crippen LogP contribution in [-0.2, 0) is 0 Å². The van der Waals surface area contributed by atoms with Crippen LogP contribution in [0.2, 0.25) is 0 Å². The summed E-state index contributed by atoms with van der Waals surface area (Å²) in [7, 11) is 0. The topological polar surface area (TPSA) is 39.2 Å². The maximum Gasteiger partial charge on any atom is 0.120 e. The number of furan rings is 1. The summed E-state index contributed by atoms with van der Waals surface area (Å²) in [5, 5.41) is 0. The molecule has 1 unspecified atom stereocenters. The summed E-state index contributed by atoms with van der Waals surface area (Å²) in [6, 6.07) is 3.88. The van der Waals surface area contributed by atoms with Crippen LogP contribution in [0.5, 0.6) is 0 Å². The standard InChI is InChI=1S/C12H19NO/c1-2-3-4-5-6-8-11(13)12-9-7-10-14-12/h2,7,9-11H,1,3-6,8,13H2. The summed E-state index contributed by atoms with van der Waals surface area (Å²) in [6.45, 7) is 3.69. The highest BCUT2D eigenvalue weighted by atomic mass is 16.3. The molecule has 0 fully saturated rings. The van der Waals surface area contributed by atoms with Crippen molar-refractivity contribution in [1.82, 2.24) is 0 Å². The van der Waals surface area contributed by atoms with Crippen LogP contribution in [0.4, 0.5) is 0 Å². The van der Waals surface area contributed by atoms with Gasteiger partial charge in [-0.15, -0.1) is 6.58 Å². The van der Waals surface area contributed by atoms with E-state index in [1.54, 1.807) is 6.26 Å². The van der Waals surface area contributed by atoms with Gasteiger partial charge in [0.1, 0.15) is 5.76 Å². The first kappa shape index (κ1) is 11.1. The van der Waals surface area contributed by atoms with E-state index in [9.17, 15) is 0 Å². The number of allylic oxidation sites excluding steroid dienone is 1. The molecule has 2 N–H and O–H groups in total. The fourth-order valence-corrected chi connectivity index (χ4v) is 1.47. The molecule has 1 atom stereocenters. The third kappa shape index (κ3) is 3.79. The monoisotopic (exact) mass is 193 g/mol. The maximum absolute atomic E-state index is 5.94. The lowest BCUT2D eigenvalue weighted by Crippen LogP contribution is -2.08. The Kier molecular flexibility index (Phi) is 5.08. The van der Waals surface area contributed by atoms with E-state index >= 15 is 0 Å². The third-order valence-corrected chi connectivity index (χ3v) is 2.33. The molecule has 0 saturated carbocycles. The number of unbranched alkanes of at least 4 members (excludes halogenated alkanes) is 3. The van der Waals surface area contributed by atoms with E-state index < -0.39 is 0 Å². The van der Waals surface area contributed by atoms with Crippen molar-refractivity contribution in [2.24, 2.45) is 5.73 Å². The Balaban J connectivity index is 2.10. The Labute approximate surface area is 85.8 Å². The normalized spacial score (nSPS) is 12.6. The minimum absolute atomic E-state index is 0.0636. The van der Waals surface area contributed by atoms with E-state index in [0.29, 0.717) is 0 Å². The second-order valence-corrected chi connectivity index (χ2v) is 3.55. The highest BCUT2D eigenvalue weighted by molar-refractivity contribution is 5.02. The van der Waals surface area contributed by atoms with Crippen molar-refractivity contribution in [3.8, 4) is 0 Å². The summed E-state index contributed by atoms with van der Waals surface area (Å²) < 4.78 is 5.23. The molecule has 0 aromatic carbocycles. The van der Waals surface area contributed by atoms with E-state index in [1.165, 1.54) is 12.8 Å². The van der Waals surface area contributed by atoms with Crippen LogP contribution in [0.15, 0.2) is 35.5 Å². The molecule has 14 heavy (non-hydrogen) atoms. The van der Waals surface area contributed by atoms with Crippen LogP contribution >= 0.6 is 0 Å². The Morgan fingerprint density at radius 3 is 2.93 bits per heavy atom. The van der Waals surface area contributed by atoms with Gasteiger partial charge in [0.25, 0.3) is 0 Å². The second kappa shape index (κ2) is 6.44. The predicted octanol–water partition coefficient (Wildman–Crippen LogP) is 3.42. The minimum Gasteiger partial charge on any atom is -0.468 e. The summed E-state index contributed by atoms with van der Waals surface area (Å²) >= 11 is 0. The van der Waals surface area contributed by atoms with Gasteiger partial charge in [-0.2, -0.15) is 0 Å². The molecule has 78 valence electrons. The van der Waals surface area contributed by atoms with Crippen molar-refractivity contribution in [2.75, 3.05) is 0 Å². The first-order chi connectivity index (χ1) is 6.84. The molecule has 0 aliphatic rings. The van der Waals surface area contributed by atoms with Crippen LogP contribution in [0.3, 0.4) is 0 Å². The fourth-order valence-electron chi connectivity index (χ4n) is 1.47. The summed E-state index contributed by atoms with van der Waals surface area (Å²) in [5.41, 5.74) is 5.94. The zero-order chi connectivity index (χ0) is 10.2. The first-order valence-corrected chi connectivity index (χ1v) is 5.24. The molecule has 0 bridgehead atoms. The summed E-state index contributed by atoms with van der Waals surface area (Å²) in [6.07, 6.45) is 9.35. The lowest BCUT2D eigenvalue weighted by molar-refractivity contribution is 0.440. The van der Waals surface area contributed by atoms with Crippen molar-refractivity contribution >= 4 is 0 Å². The first-order valence-electron chi connectivity index (χ1n) is 5.24. The van der Waals surface area contributed by atoms with Crippen molar-refractivity contribution in [3.05, 3.63) is 36.8 Å². The van der Waals surface area contributed by atoms with Crippen molar-refractivity contribution < 1.29 is 4.42 Å². The average molecular weight is 193 g/mol. The molecule has 0 spiro atoms. The summed E-state index contributed by atoms with van der Waals surface area (Å²) in [5.74, 6) is 0.897. The van der Waals surface area contributed by atoms with E-state index in [4.69, 9.17) is 10.2 Å². The van der Waals surface area contributed by atoms with Gasteiger partial charge in [-0.05, 0) is 31.4 Å². The van der Waals surface area contributed by atoms with Gasteiger partial charge < -0.3 is 10.2 Å². The molecule has 1 aromatic heterocycles. The molecule has 0 aliphatic carbocycles. The Morgan fingerprint density at radius 1 is 1.43 bits per heavy atom. The number of nitrogens with two attached hydrogens (primary N) is 1.